The number of methoxy groups -OCH3 is 1. The summed E-state index contributed by atoms with van der Waals surface area (Å²) in [5.74, 6) is -3.36. The number of amides is 1. The van der Waals surface area contributed by atoms with Crippen LogP contribution in [0.25, 0.3) is 0 Å². The van der Waals surface area contributed by atoms with Crippen molar-refractivity contribution in [2.75, 3.05) is 33.9 Å². The number of aliphatic hydroxyl groups excluding tert-OH is 3. The van der Waals surface area contributed by atoms with Crippen LogP contribution in [0.3, 0.4) is 0 Å². The first-order valence-corrected chi connectivity index (χ1v) is 33.2. The number of hydrogen-bond acceptors (Lipinski definition) is 14. The first kappa shape index (κ1) is 71.4. The van der Waals surface area contributed by atoms with Crippen molar-refractivity contribution in [3.63, 3.8) is 0 Å². The molecule has 23 heteroatoms. The van der Waals surface area contributed by atoms with Gasteiger partial charge in [0, 0.05) is 38.5 Å². The second kappa shape index (κ2) is 28.0. The van der Waals surface area contributed by atoms with Crippen molar-refractivity contribution < 1.29 is 88.7 Å². The van der Waals surface area contributed by atoms with E-state index in [0.717, 1.165) is 19.0 Å². The molecule has 3 aromatic carbocycles. The summed E-state index contributed by atoms with van der Waals surface area (Å²) in [4.78, 5) is 33.1. The molecule has 0 bridgehead atoms. The number of cyclic esters (lactones) is 1. The van der Waals surface area contributed by atoms with Crippen LogP contribution in [0.15, 0.2) is 91.0 Å². The number of hydrogen-bond donors (Lipinski definition) is 5. The summed E-state index contributed by atoms with van der Waals surface area (Å²) < 4.78 is 97.5. The number of rotatable bonds is 16. The van der Waals surface area contributed by atoms with Crippen LogP contribution in [0, 0.1) is 17.8 Å². The van der Waals surface area contributed by atoms with Gasteiger partial charge < -0.3 is 63.8 Å². The number of nitrogens with zero attached hydrogens (tertiary/aromatic N) is 2. The first-order valence-electron chi connectivity index (χ1n) is 29.2. The number of likely N-dealkylation sites (N-methyl/N-ethyl adjacent to an activating group) is 1. The minimum absolute atomic E-state index is 0.0543. The van der Waals surface area contributed by atoms with Crippen molar-refractivity contribution in [1.29, 1.82) is 0 Å². The van der Waals surface area contributed by atoms with E-state index in [4.69, 9.17) is 28.4 Å². The number of carbonyl (C=O) groups excluding carboxylic acids is 2. The summed E-state index contributed by atoms with van der Waals surface area (Å²) >= 11 is 0. The number of halogens is 6. The Morgan fingerprint density at radius 3 is 1.75 bits per heavy atom. The van der Waals surface area contributed by atoms with E-state index < -0.39 is 117 Å². The van der Waals surface area contributed by atoms with Gasteiger partial charge >= 0.3 is 39.0 Å². The van der Waals surface area contributed by atoms with Gasteiger partial charge in [-0.2, -0.15) is 0 Å². The zero-order chi connectivity index (χ0) is 63.0. The fourth-order valence-electron chi connectivity index (χ4n) is 12.7. The molecule has 0 unspecified atom stereocenters. The molecular weight excluding hydrogens is 1140 g/mol. The molecule has 1 amide bonds. The molecule has 0 aromatic heterocycles. The summed E-state index contributed by atoms with van der Waals surface area (Å²) in [6.07, 6.45) is -6.40. The van der Waals surface area contributed by atoms with E-state index in [9.17, 15) is 60.3 Å². The normalized spacial score (nSPS) is 36.0. The van der Waals surface area contributed by atoms with Crippen LogP contribution in [0.1, 0.15) is 121 Å². The van der Waals surface area contributed by atoms with Crippen molar-refractivity contribution >= 4 is 42.9 Å². The topological polar surface area (TPSA) is 197 Å². The molecule has 0 aliphatic carbocycles. The Kier molecular flexibility index (Phi) is 23.8. The maximum atomic E-state index is 14.9. The van der Waals surface area contributed by atoms with Crippen molar-refractivity contribution in [2.45, 2.75) is 211 Å². The zero-order valence-corrected chi connectivity index (χ0v) is 52.7. The SMILES string of the molecule is CC[C@H]1OC(=O)[C@H](C)[C@@H](O[C@H]2C[C@@](C)(OC)[C@@H](O)[C@H](C)O2)[C@H](C)[C@@H](O[C@@H]2O[C@H](C)C[C@H](N(C)C)[C@H]2O)[C@](C)(O)C[C@@H](C)CN(C(=O)CCCCC[P+](c2ccccc2)(c2ccccc2)c2ccccc2)[C@H](C)[C@@H](O)[C@]1(C)O.F[P-](F)(F)(F)(F)F. The number of aliphatic hydroxyl groups is 5. The molecule has 478 valence electrons. The summed E-state index contributed by atoms with van der Waals surface area (Å²) in [5, 5.41) is 64.6. The standard InChI is InChI=1S/C61H94N2O13P.F6P/c1-14-49-61(10,70)54(66)43(6)63(50(64)33-25-18-26-34-77(45-27-19-15-20-28-45,46-29-21-16-22-30-46)47-31-23-17-24-32-47)38-39(2)36-59(8,69)56(76-58-52(65)48(62(11)12)35-40(3)72-58)41(4)53(42(5)57(68)74-49)75-51-37-60(9,71-13)55(67)44(7)73-51;1-7(2,3,4,5)6/h15-17,19-24,27-32,39-44,48-49,51-56,58,65-67,69-70H,14,18,25-26,33-38H2,1-13H3;/q+1;-1/t39-,40-,41+,42-,43-,44+,48+,49-,51+,52-,53+,54-,55+,56-,58+,59-,60-,61-;/m1./s1. The van der Waals surface area contributed by atoms with Gasteiger partial charge in [0.05, 0.1) is 53.7 Å². The molecule has 0 saturated carbocycles. The number of esters is 1. The third-order valence-electron chi connectivity index (χ3n) is 17.2. The van der Waals surface area contributed by atoms with E-state index in [1.54, 1.807) is 53.4 Å². The van der Waals surface area contributed by atoms with Crippen molar-refractivity contribution in [3.8, 4) is 0 Å². The summed E-state index contributed by atoms with van der Waals surface area (Å²) in [5.41, 5.74) is -4.85. The second-order valence-corrected chi connectivity index (χ2v) is 30.1. The molecule has 5 N–H and O–H groups in total. The molecular formula is C61H94F6N2O13P2. The quantitative estimate of drug-likeness (QED) is 0.0393. The zero-order valence-electron chi connectivity index (χ0n) is 51.0. The number of benzene rings is 3. The fraction of sp³-hybridized carbons (Fsp3) is 0.672. The van der Waals surface area contributed by atoms with Gasteiger partial charge in [-0.25, -0.2) is 0 Å². The summed E-state index contributed by atoms with van der Waals surface area (Å²) in [6.45, 7) is 17.4. The van der Waals surface area contributed by atoms with Gasteiger partial charge in [-0.3, -0.25) is 9.59 Å². The Morgan fingerprint density at radius 2 is 1.27 bits per heavy atom. The van der Waals surface area contributed by atoms with Gasteiger partial charge in [-0.05, 0) is 143 Å². The molecule has 15 nitrogen and oxygen atoms in total. The molecule has 3 aliphatic rings. The van der Waals surface area contributed by atoms with Crippen LogP contribution in [0.5, 0.6) is 0 Å². The minimum atomic E-state index is -10.7. The van der Waals surface area contributed by atoms with E-state index >= 15 is 0 Å². The van der Waals surface area contributed by atoms with Crippen LogP contribution >= 0.6 is 15.1 Å². The predicted octanol–water partition coefficient (Wildman–Crippen LogP) is 9.73. The number of ether oxygens (including phenoxy) is 6. The Morgan fingerprint density at radius 1 is 0.762 bits per heavy atom. The van der Waals surface area contributed by atoms with Gasteiger partial charge in [-0.1, -0.05) is 75.4 Å². The monoisotopic (exact) mass is 1240 g/mol. The molecule has 3 aliphatic heterocycles. The van der Waals surface area contributed by atoms with E-state index in [-0.39, 0.29) is 50.3 Å². The Hall–Kier alpha value is -3.40. The molecule has 3 heterocycles. The van der Waals surface area contributed by atoms with Gasteiger partial charge in [0.2, 0.25) is 5.91 Å². The van der Waals surface area contributed by atoms with Crippen molar-refractivity contribution in [1.82, 2.24) is 9.80 Å². The predicted molar refractivity (Wildman–Crippen MR) is 315 cm³/mol. The maximum absolute atomic E-state index is 14.9. The number of carbonyl (C=O) groups is 2. The molecule has 3 saturated heterocycles. The van der Waals surface area contributed by atoms with Gasteiger partial charge in [0.15, 0.2) is 12.6 Å². The van der Waals surface area contributed by atoms with E-state index in [1.807, 2.05) is 51.0 Å². The summed E-state index contributed by atoms with van der Waals surface area (Å²) in [7, 11) is -7.49. The molecule has 84 heavy (non-hydrogen) atoms. The number of unbranched alkanes of at least 4 members (excludes halogenated alkanes) is 2. The third-order valence-corrected chi connectivity index (χ3v) is 21.7. The fourth-order valence-corrected chi connectivity index (χ4v) is 17.1. The van der Waals surface area contributed by atoms with Crippen LogP contribution in [-0.4, -0.2) is 171 Å². The van der Waals surface area contributed by atoms with E-state index in [0.29, 0.717) is 12.8 Å². The van der Waals surface area contributed by atoms with Crippen LogP contribution in [-0.2, 0) is 38.0 Å². The van der Waals surface area contributed by atoms with Gasteiger partial charge in [0.25, 0.3) is 0 Å². The molecule has 18 atom stereocenters. The van der Waals surface area contributed by atoms with Crippen molar-refractivity contribution in [3.05, 3.63) is 91.0 Å². The second-order valence-electron chi connectivity index (χ2n) is 24.6. The van der Waals surface area contributed by atoms with Gasteiger partial charge in [-0.15, -0.1) is 0 Å². The Labute approximate surface area is 493 Å². The van der Waals surface area contributed by atoms with Crippen LogP contribution in [0.2, 0.25) is 0 Å². The van der Waals surface area contributed by atoms with Crippen LogP contribution < -0.4 is 15.9 Å². The molecule has 3 aromatic rings. The molecule has 0 radical (unpaired) electrons. The molecule has 3 fully saturated rings. The van der Waals surface area contributed by atoms with Crippen LogP contribution in [0.4, 0.5) is 25.2 Å². The molecule has 0 spiro atoms. The first-order chi connectivity index (χ1) is 38.8. The van der Waals surface area contributed by atoms with Gasteiger partial charge in [0.1, 0.15) is 53.2 Å². The average Bonchev–Trinajstić information content (AvgIpc) is 1.21. The third kappa shape index (κ3) is 18.8. The van der Waals surface area contributed by atoms with E-state index in [1.165, 1.54) is 29.9 Å². The Bertz CT molecular complexity index is 2440. The van der Waals surface area contributed by atoms with Crippen molar-refractivity contribution in [2.24, 2.45) is 17.8 Å². The summed E-state index contributed by atoms with van der Waals surface area (Å²) in [6, 6.07) is 30.9. The molecule has 6 rings (SSSR count). The Balaban J connectivity index is 0.00000173. The van der Waals surface area contributed by atoms with E-state index in [2.05, 4.69) is 72.8 Å². The average molecular weight is 1240 g/mol.